The molecule has 6 heteroatoms. The summed E-state index contributed by atoms with van der Waals surface area (Å²) in [5.74, 6) is 1.13. The fourth-order valence-electron chi connectivity index (χ4n) is 2.35. The van der Waals surface area contributed by atoms with E-state index in [0.29, 0.717) is 12.4 Å². The number of aromatic amines is 1. The molecule has 0 fully saturated rings. The molecule has 6 nitrogen and oxygen atoms in total. The summed E-state index contributed by atoms with van der Waals surface area (Å²) in [5.41, 5.74) is 13.9. The van der Waals surface area contributed by atoms with Crippen molar-refractivity contribution in [3.8, 4) is 0 Å². The van der Waals surface area contributed by atoms with E-state index in [4.69, 9.17) is 11.5 Å². The van der Waals surface area contributed by atoms with Gasteiger partial charge in [-0.15, -0.1) is 0 Å². The van der Waals surface area contributed by atoms with Gasteiger partial charge >= 0.3 is 0 Å². The van der Waals surface area contributed by atoms with Crippen molar-refractivity contribution in [2.75, 3.05) is 0 Å². The van der Waals surface area contributed by atoms with Crippen molar-refractivity contribution in [2.24, 2.45) is 16.5 Å². The van der Waals surface area contributed by atoms with E-state index in [1.807, 2.05) is 37.3 Å². The van der Waals surface area contributed by atoms with Crippen LogP contribution in [0.5, 0.6) is 0 Å². The third kappa shape index (κ3) is 2.30. The van der Waals surface area contributed by atoms with Crippen LogP contribution in [0.2, 0.25) is 0 Å². The molecule has 2 aromatic rings. The quantitative estimate of drug-likeness (QED) is 0.630. The van der Waals surface area contributed by atoms with Crippen LogP contribution in [-0.2, 0) is 6.42 Å². The molecule has 0 spiro atoms. The number of nitrogens with zero attached hydrogens (tertiary/aromatic N) is 2. The van der Waals surface area contributed by atoms with Crippen LogP contribution in [0.15, 0.2) is 41.0 Å². The van der Waals surface area contributed by atoms with Crippen molar-refractivity contribution in [3.63, 3.8) is 0 Å². The lowest BCUT2D eigenvalue weighted by atomic mass is 10.1. The highest BCUT2D eigenvalue weighted by atomic mass is 15.2. The van der Waals surface area contributed by atoms with Gasteiger partial charge in [0.15, 0.2) is 5.96 Å². The Kier molecular flexibility index (Phi) is 2.53. The van der Waals surface area contributed by atoms with Crippen molar-refractivity contribution in [3.05, 3.63) is 41.9 Å². The predicted molar refractivity (Wildman–Crippen MR) is 75.2 cm³/mol. The molecular weight excluding hydrogens is 240 g/mol. The van der Waals surface area contributed by atoms with Gasteiger partial charge in [0, 0.05) is 12.1 Å². The first kappa shape index (κ1) is 11.7. The van der Waals surface area contributed by atoms with Crippen LogP contribution in [0.3, 0.4) is 0 Å². The first-order valence-electron chi connectivity index (χ1n) is 6.08. The summed E-state index contributed by atoms with van der Waals surface area (Å²) in [6, 6.07) is 7.86. The lowest BCUT2D eigenvalue weighted by Gasteiger charge is -2.26. The van der Waals surface area contributed by atoms with Crippen LogP contribution in [0.25, 0.3) is 11.0 Å². The maximum Gasteiger partial charge on any atom is 0.195 e. The topological polar surface area (TPSA) is 105 Å². The average Bonchev–Trinajstić information content (AvgIpc) is 2.67. The Morgan fingerprint density at radius 2 is 2.11 bits per heavy atom. The number of nitrogens with two attached hydrogens (primary N) is 2. The summed E-state index contributed by atoms with van der Waals surface area (Å²) < 4.78 is 0. The summed E-state index contributed by atoms with van der Waals surface area (Å²) in [5, 5.41) is 2.93. The monoisotopic (exact) mass is 256 g/mol. The maximum atomic E-state index is 6.25. The van der Waals surface area contributed by atoms with Crippen molar-refractivity contribution in [1.29, 1.82) is 0 Å². The van der Waals surface area contributed by atoms with Crippen molar-refractivity contribution in [2.45, 2.75) is 19.0 Å². The highest BCUT2D eigenvalue weighted by Gasteiger charge is 2.27. The van der Waals surface area contributed by atoms with Gasteiger partial charge in [-0.1, -0.05) is 12.1 Å². The van der Waals surface area contributed by atoms with E-state index in [2.05, 4.69) is 20.3 Å². The molecule has 0 amide bonds. The number of allylic oxidation sites excluding steroid dienone is 1. The van der Waals surface area contributed by atoms with Crippen LogP contribution in [0.1, 0.15) is 12.7 Å². The van der Waals surface area contributed by atoms with E-state index in [1.165, 1.54) is 0 Å². The summed E-state index contributed by atoms with van der Waals surface area (Å²) >= 11 is 0. The van der Waals surface area contributed by atoms with Crippen molar-refractivity contribution < 1.29 is 0 Å². The zero-order valence-electron chi connectivity index (χ0n) is 10.6. The SMILES string of the molecule is CC1=CC(N)(Cc2nc3ccccc3[nH]2)N=C(N)N1. The van der Waals surface area contributed by atoms with E-state index in [0.717, 1.165) is 22.6 Å². The van der Waals surface area contributed by atoms with Crippen molar-refractivity contribution in [1.82, 2.24) is 15.3 Å². The predicted octanol–water partition coefficient (Wildman–Crippen LogP) is 0.582. The van der Waals surface area contributed by atoms with Gasteiger partial charge in [0.25, 0.3) is 0 Å². The van der Waals surface area contributed by atoms with E-state index in [1.54, 1.807) is 0 Å². The summed E-state index contributed by atoms with van der Waals surface area (Å²) in [4.78, 5) is 12.0. The lowest BCUT2D eigenvalue weighted by Crippen LogP contribution is -2.47. The molecule has 1 atom stereocenters. The van der Waals surface area contributed by atoms with Gasteiger partial charge < -0.3 is 21.8 Å². The average molecular weight is 256 g/mol. The van der Waals surface area contributed by atoms with E-state index in [9.17, 15) is 0 Å². The highest BCUT2D eigenvalue weighted by Crippen LogP contribution is 2.19. The summed E-state index contributed by atoms with van der Waals surface area (Å²) in [6.07, 6.45) is 2.33. The molecule has 1 aromatic heterocycles. The molecule has 1 aliphatic rings. The minimum Gasteiger partial charge on any atom is -0.370 e. The smallest absolute Gasteiger partial charge is 0.195 e. The van der Waals surface area contributed by atoms with Crippen LogP contribution in [-0.4, -0.2) is 21.6 Å². The third-order valence-corrected chi connectivity index (χ3v) is 3.01. The molecule has 98 valence electrons. The number of H-pyrrole nitrogens is 1. The van der Waals surface area contributed by atoms with E-state index in [-0.39, 0.29) is 0 Å². The van der Waals surface area contributed by atoms with Gasteiger partial charge in [0.05, 0.1) is 11.0 Å². The summed E-state index contributed by atoms with van der Waals surface area (Å²) in [6.45, 7) is 1.90. The molecule has 1 aromatic carbocycles. The minimum atomic E-state index is -0.854. The van der Waals surface area contributed by atoms with Gasteiger partial charge in [0.2, 0.25) is 0 Å². The number of aromatic nitrogens is 2. The van der Waals surface area contributed by atoms with Gasteiger partial charge in [-0.25, -0.2) is 9.98 Å². The molecule has 1 aliphatic heterocycles. The highest BCUT2D eigenvalue weighted by molar-refractivity contribution is 5.81. The fourth-order valence-corrected chi connectivity index (χ4v) is 2.35. The standard InChI is InChI=1S/C13H16N6/c1-8-6-13(15,19-12(14)16-8)7-11-17-9-4-2-3-5-10(9)18-11/h2-6H,7,15H2,1H3,(H,17,18)(H3,14,16,19). The van der Waals surface area contributed by atoms with Gasteiger partial charge in [0.1, 0.15) is 11.5 Å². The molecule has 1 unspecified atom stereocenters. The number of hydrogen-bond acceptors (Lipinski definition) is 5. The number of para-hydroxylation sites is 2. The van der Waals surface area contributed by atoms with Gasteiger partial charge in [-0.2, -0.15) is 0 Å². The lowest BCUT2D eigenvalue weighted by molar-refractivity contribution is 0.524. The minimum absolute atomic E-state index is 0.332. The molecule has 6 N–H and O–H groups in total. The Hall–Kier alpha value is -2.34. The first-order valence-corrected chi connectivity index (χ1v) is 6.08. The first-order chi connectivity index (χ1) is 9.04. The number of imidazole rings is 1. The van der Waals surface area contributed by atoms with Crippen LogP contribution >= 0.6 is 0 Å². The second kappa shape index (κ2) is 4.10. The van der Waals surface area contributed by atoms with Gasteiger partial charge in [-0.05, 0) is 25.1 Å². The number of guanidine groups is 1. The molecule has 0 aliphatic carbocycles. The molecule has 2 heterocycles. The molecule has 0 bridgehead atoms. The Morgan fingerprint density at radius 1 is 1.32 bits per heavy atom. The normalized spacial score (nSPS) is 22.8. The molecule has 0 saturated heterocycles. The zero-order chi connectivity index (χ0) is 13.5. The summed E-state index contributed by atoms with van der Waals surface area (Å²) in [7, 11) is 0. The Morgan fingerprint density at radius 3 is 2.84 bits per heavy atom. The Balaban J connectivity index is 1.94. The largest absolute Gasteiger partial charge is 0.370 e. The second-order valence-corrected chi connectivity index (χ2v) is 4.82. The molecular formula is C13H16N6. The number of benzene rings is 1. The van der Waals surface area contributed by atoms with E-state index >= 15 is 0 Å². The fraction of sp³-hybridized carbons (Fsp3) is 0.231. The number of fused-ring (bicyclic) bond motifs is 1. The Labute approximate surface area is 110 Å². The zero-order valence-corrected chi connectivity index (χ0v) is 10.6. The van der Waals surface area contributed by atoms with Crippen molar-refractivity contribution >= 4 is 17.0 Å². The van der Waals surface area contributed by atoms with Crippen LogP contribution in [0.4, 0.5) is 0 Å². The number of rotatable bonds is 2. The molecule has 19 heavy (non-hydrogen) atoms. The number of nitrogens with one attached hydrogen (secondary N) is 2. The second-order valence-electron chi connectivity index (χ2n) is 4.82. The van der Waals surface area contributed by atoms with Crippen LogP contribution in [0, 0.1) is 0 Å². The molecule has 3 rings (SSSR count). The van der Waals surface area contributed by atoms with Crippen LogP contribution < -0.4 is 16.8 Å². The number of hydrogen-bond donors (Lipinski definition) is 4. The van der Waals surface area contributed by atoms with E-state index < -0.39 is 5.66 Å². The number of aliphatic imine (C=N–C) groups is 1. The van der Waals surface area contributed by atoms with Gasteiger partial charge in [-0.3, -0.25) is 0 Å². The maximum absolute atomic E-state index is 6.25. The third-order valence-electron chi connectivity index (χ3n) is 3.01. The molecule has 0 radical (unpaired) electrons. The molecule has 0 saturated carbocycles. The Bertz CT molecular complexity index is 630.